The molecule has 0 amide bonds. The van der Waals surface area contributed by atoms with E-state index in [-0.39, 0.29) is 28.2 Å². The first-order chi connectivity index (χ1) is 16.1. The van der Waals surface area contributed by atoms with E-state index in [0.717, 1.165) is 11.0 Å². The van der Waals surface area contributed by atoms with Crippen LogP contribution in [-0.2, 0) is 0 Å². The third-order valence-corrected chi connectivity index (χ3v) is 5.10. The van der Waals surface area contributed by atoms with Crippen molar-refractivity contribution in [2.75, 3.05) is 11.4 Å². The number of benzene rings is 2. The number of rotatable bonds is 5. The van der Waals surface area contributed by atoms with Crippen LogP contribution in [-0.4, -0.2) is 39.0 Å². The highest BCUT2D eigenvalue weighted by Crippen LogP contribution is 2.34. The molecule has 0 aliphatic carbocycles. The molecule has 0 aliphatic heterocycles. The van der Waals surface area contributed by atoms with E-state index in [1.807, 2.05) is 0 Å². The quantitative estimate of drug-likeness (QED) is 0.277. The lowest BCUT2D eigenvalue weighted by Crippen LogP contribution is -2.26. The number of nitrogens with zero attached hydrogens (tertiary/aromatic N) is 5. The lowest BCUT2D eigenvalue weighted by atomic mass is 9.94. The van der Waals surface area contributed by atoms with Gasteiger partial charge in [0.25, 0.3) is 18.6 Å². The molecule has 5 nitrogen and oxygen atoms in total. The molecule has 176 valence electrons. The van der Waals surface area contributed by atoms with E-state index in [1.165, 1.54) is 54.9 Å². The van der Waals surface area contributed by atoms with Gasteiger partial charge in [0, 0.05) is 5.39 Å². The van der Waals surface area contributed by atoms with E-state index in [0.29, 0.717) is 5.52 Å². The number of hydrogen-bond donors (Lipinski definition) is 0. The average molecular weight is 477 g/mol. The molecule has 0 saturated heterocycles. The lowest BCUT2D eigenvalue weighted by Gasteiger charge is -2.25. The van der Waals surface area contributed by atoms with Crippen molar-refractivity contribution in [2.45, 2.75) is 26.7 Å². The molecule has 0 spiro atoms. The number of anilines is 2. The van der Waals surface area contributed by atoms with Crippen LogP contribution in [0.2, 0.25) is 0 Å². The Balaban J connectivity index is 1.93. The summed E-state index contributed by atoms with van der Waals surface area (Å²) < 4.78 is 84.5. The van der Waals surface area contributed by atoms with Gasteiger partial charge in [0.15, 0.2) is 5.82 Å². The molecule has 0 aliphatic rings. The van der Waals surface area contributed by atoms with Gasteiger partial charge in [0.2, 0.25) is 0 Å². The summed E-state index contributed by atoms with van der Waals surface area (Å²) in [7, 11) is 0. The predicted molar refractivity (Wildman–Crippen MR) is 114 cm³/mol. The Kier molecular flexibility index (Phi) is 6.08. The Labute approximate surface area is 190 Å². The van der Waals surface area contributed by atoms with Gasteiger partial charge in [-0.05, 0) is 44.2 Å². The van der Waals surface area contributed by atoms with Gasteiger partial charge in [-0.1, -0.05) is 17.9 Å². The summed E-state index contributed by atoms with van der Waals surface area (Å²) in [5.74, 6) is 2.90. The molecular formula is C23H17F6N5. The van der Waals surface area contributed by atoms with Crippen LogP contribution in [0.1, 0.15) is 19.4 Å². The van der Waals surface area contributed by atoms with E-state index in [2.05, 4.69) is 27.0 Å². The van der Waals surface area contributed by atoms with Crippen molar-refractivity contribution in [3.63, 3.8) is 0 Å². The molecule has 34 heavy (non-hydrogen) atoms. The summed E-state index contributed by atoms with van der Waals surface area (Å²) in [5.41, 5.74) is -1.94. The van der Waals surface area contributed by atoms with Crippen LogP contribution >= 0.6 is 0 Å². The Hall–Kier alpha value is -3.81. The average Bonchev–Trinajstić information content (AvgIpc) is 3.25. The Morgan fingerprint density at radius 3 is 2.56 bits per heavy atom. The Bertz CT molecular complexity index is 1420. The fourth-order valence-corrected chi connectivity index (χ4v) is 3.28. The molecule has 0 saturated carbocycles. The summed E-state index contributed by atoms with van der Waals surface area (Å²) in [6.07, 6.45) is -4.38. The largest absolute Gasteiger partial charge is 0.317 e. The predicted octanol–water partition coefficient (Wildman–Crippen LogP) is 5.60. The maximum absolute atomic E-state index is 15.5. The van der Waals surface area contributed by atoms with Crippen molar-refractivity contribution in [1.29, 1.82) is 0 Å². The van der Waals surface area contributed by atoms with E-state index in [1.54, 1.807) is 0 Å². The fourth-order valence-electron chi connectivity index (χ4n) is 3.28. The highest BCUT2D eigenvalue weighted by atomic mass is 19.3. The van der Waals surface area contributed by atoms with Crippen LogP contribution < -0.4 is 4.90 Å². The second kappa shape index (κ2) is 8.85. The molecule has 2 heterocycles. The Morgan fingerprint density at radius 2 is 1.85 bits per heavy atom. The molecule has 0 atom stereocenters. The standard InChI is InChI=1S/C23H17F6N5/c1-23(2,21(28)29)9-8-13-4-3-5-17(19(13)27)33(11-18(25)26)20-15-10-14(24)6-7-16(15)34-12-30-32-22(34)31-20/h3-7,10,12,18,21H,11H2,1-2H3. The van der Waals surface area contributed by atoms with Crippen LogP contribution in [0.5, 0.6) is 0 Å². The zero-order chi connectivity index (χ0) is 24.6. The highest BCUT2D eigenvalue weighted by Gasteiger charge is 2.28. The fraction of sp³-hybridized carbons (Fsp3) is 0.261. The first-order valence-corrected chi connectivity index (χ1v) is 10.0. The van der Waals surface area contributed by atoms with Gasteiger partial charge in [0.05, 0.1) is 28.7 Å². The van der Waals surface area contributed by atoms with Crippen molar-refractivity contribution < 1.29 is 26.3 Å². The van der Waals surface area contributed by atoms with Crippen molar-refractivity contribution in [2.24, 2.45) is 5.41 Å². The highest BCUT2D eigenvalue weighted by molar-refractivity contribution is 5.93. The van der Waals surface area contributed by atoms with E-state index in [9.17, 15) is 22.0 Å². The van der Waals surface area contributed by atoms with Crippen LogP contribution in [0.15, 0.2) is 42.7 Å². The zero-order valence-electron chi connectivity index (χ0n) is 17.9. The maximum Gasteiger partial charge on any atom is 0.257 e. The molecule has 4 aromatic rings. The molecule has 0 fully saturated rings. The van der Waals surface area contributed by atoms with Crippen molar-refractivity contribution in [1.82, 2.24) is 19.6 Å². The van der Waals surface area contributed by atoms with Crippen molar-refractivity contribution in [3.05, 3.63) is 59.9 Å². The van der Waals surface area contributed by atoms with E-state index >= 15 is 4.39 Å². The number of aromatic nitrogens is 4. The molecule has 2 aromatic carbocycles. The molecule has 0 N–H and O–H groups in total. The van der Waals surface area contributed by atoms with Gasteiger partial charge < -0.3 is 4.90 Å². The van der Waals surface area contributed by atoms with Gasteiger partial charge in [-0.25, -0.2) is 26.3 Å². The minimum absolute atomic E-state index is 0.0309. The van der Waals surface area contributed by atoms with Crippen molar-refractivity contribution in [3.8, 4) is 11.8 Å². The van der Waals surface area contributed by atoms with Gasteiger partial charge >= 0.3 is 0 Å². The normalized spacial score (nSPS) is 11.9. The first kappa shape index (κ1) is 23.4. The van der Waals surface area contributed by atoms with Crippen LogP contribution in [0.3, 0.4) is 0 Å². The monoisotopic (exact) mass is 477 g/mol. The van der Waals surface area contributed by atoms with Crippen LogP contribution in [0, 0.1) is 28.9 Å². The molecule has 4 rings (SSSR count). The number of alkyl halides is 4. The van der Waals surface area contributed by atoms with E-state index in [4.69, 9.17) is 0 Å². The SMILES string of the molecule is CC(C)(C#Cc1cccc(N(CC(F)F)c2nc3nncn3c3ccc(F)cc23)c1F)C(F)F. The minimum atomic E-state index is -2.92. The topological polar surface area (TPSA) is 46.3 Å². The molecular weight excluding hydrogens is 460 g/mol. The van der Waals surface area contributed by atoms with Crippen molar-refractivity contribution >= 4 is 28.2 Å². The summed E-state index contributed by atoms with van der Waals surface area (Å²) in [6, 6.07) is 7.49. The van der Waals surface area contributed by atoms with Gasteiger partial charge in [-0.2, -0.15) is 4.98 Å². The van der Waals surface area contributed by atoms with E-state index < -0.39 is 36.4 Å². The second-order valence-corrected chi connectivity index (χ2v) is 8.01. The van der Waals surface area contributed by atoms with Crippen LogP contribution in [0.4, 0.5) is 37.8 Å². The Morgan fingerprint density at radius 1 is 1.09 bits per heavy atom. The summed E-state index contributed by atoms with van der Waals surface area (Å²) in [6.45, 7) is 1.42. The van der Waals surface area contributed by atoms with Gasteiger partial charge in [-0.3, -0.25) is 4.40 Å². The molecule has 0 radical (unpaired) electrons. The molecule has 2 aromatic heterocycles. The number of fused-ring (bicyclic) bond motifs is 3. The number of halogens is 6. The molecule has 11 heteroatoms. The molecule has 0 unspecified atom stereocenters. The smallest absolute Gasteiger partial charge is 0.257 e. The summed E-state index contributed by atoms with van der Waals surface area (Å²) >= 11 is 0. The second-order valence-electron chi connectivity index (χ2n) is 8.01. The summed E-state index contributed by atoms with van der Waals surface area (Å²) in [4.78, 5) is 5.12. The first-order valence-electron chi connectivity index (χ1n) is 10.0. The lowest BCUT2D eigenvalue weighted by molar-refractivity contribution is 0.0570. The summed E-state index contributed by atoms with van der Waals surface area (Å²) in [5, 5.41) is 7.68. The number of hydrogen-bond acceptors (Lipinski definition) is 4. The van der Waals surface area contributed by atoms with Gasteiger partial charge in [0.1, 0.15) is 18.0 Å². The third kappa shape index (κ3) is 4.35. The maximum atomic E-state index is 15.5. The third-order valence-electron chi connectivity index (χ3n) is 5.10. The minimum Gasteiger partial charge on any atom is -0.317 e. The van der Waals surface area contributed by atoms with Gasteiger partial charge in [-0.15, -0.1) is 10.2 Å². The molecule has 0 bridgehead atoms. The van der Waals surface area contributed by atoms with Crippen LogP contribution in [0.25, 0.3) is 16.7 Å². The zero-order valence-corrected chi connectivity index (χ0v) is 17.9.